The fourth-order valence-electron chi connectivity index (χ4n) is 2.47. The highest BCUT2D eigenvalue weighted by Crippen LogP contribution is 2.31. The number of carbonyl (C=O) groups is 1. The number of amides is 1. The van der Waals surface area contributed by atoms with Crippen molar-refractivity contribution in [3.8, 4) is 0 Å². The Morgan fingerprint density at radius 3 is 2.60 bits per heavy atom. The summed E-state index contributed by atoms with van der Waals surface area (Å²) in [6.07, 6.45) is 1.96. The summed E-state index contributed by atoms with van der Waals surface area (Å²) in [6.45, 7) is 6.68. The fourth-order valence-corrected chi connectivity index (χ4v) is 2.47. The second kappa shape index (κ2) is 3.67. The molecule has 4 heteroatoms. The van der Waals surface area contributed by atoms with Crippen molar-refractivity contribution in [1.82, 2.24) is 10.6 Å². The molecule has 4 nitrogen and oxygen atoms in total. The maximum atomic E-state index is 11.5. The van der Waals surface area contributed by atoms with Crippen molar-refractivity contribution >= 4 is 6.09 Å². The number of rotatable bonds is 1. The van der Waals surface area contributed by atoms with Crippen LogP contribution in [-0.2, 0) is 4.74 Å². The van der Waals surface area contributed by atoms with E-state index in [0.29, 0.717) is 18.0 Å². The molecular formula is C11H20N2O2. The Kier molecular flexibility index (Phi) is 2.63. The lowest BCUT2D eigenvalue weighted by atomic mass is 10.0. The van der Waals surface area contributed by atoms with Gasteiger partial charge < -0.3 is 15.4 Å². The van der Waals surface area contributed by atoms with Crippen LogP contribution in [0.4, 0.5) is 4.79 Å². The second-order valence-electron chi connectivity index (χ2n) is 5.59. The van der Waals surface area contributed by atoms with Crippen molar-refractivity contribution < 1.29 is 9.53 Å². The zero-order valence-electron chi connectivity index (χ0n) is 9.67. The number of carbonyl (C=O) groups excluding carboxylic acids is 1. The summed E-state index contributed by atoms with van der Waals surface area (Å²) in [6, 6.07) is 0.918. The van der Waals surface area contributed by atoms with E-state index in [9.17, 15) is 4.79 Å². The molecule has 2 bridgehead atoms. The minimum atomic E-state index is -0.403. The standard InChI is InChI=1S/C11H20N2O2/c1-11(2,3)15-10(14)13-9-5-8-4-7(9)6-12-8/h7-9,12H,4-6H2,1-3H3,(H,13,14)/t7-,8-,9-/m0/s1. The Hall–Kier alpha value is -0.770. The molecule has 2 aliphatic rings. The summed E-state index contributed by atoms with van der Waals surface area (Å²) in [5.74, 6) is 0.600. The largest absolute Gasteiger partial charge is 0.444 e. The van der Waals surface area contributed by atoms with Crippen molar-refractivity contribution in [2.24, 2.45) is 5.92 Å². The van der Waals surface area contributed by atoms with Crippen LogP contribution in [0.3, 0.4) is 0 Å². The highest BCUT2D eigenvalue weighted by molar-refractivity contribution is 5.68. The number of fused-ring (bicyclic) bond motifs is 2. The first-order valence-corrected chi connectivity index (χ1v) is 5.67. The number of nitrogens with one attached hydrogen (secondary N) is 2. The van der Waals surface area contributed by atoms with Gasteiger partial charge in [0.25, 0.3) is 0 Å². The Morgan fingerprint density at radius 1 is 1.40 bits per heavy atom. The molecule has 1 amide bonds. The quantitative estimate of drug-likeness (QED) is 0.688. The maximum absolute atomic E-state index is 11.5. The Labute approximate surface area is 90.8 Å². The van der Waals surface area contributed by atoms with Gasteiger partial charge >= 0.3 is 6.09 Å². The third-order valence-electron chi connectivity index (χ3n) is 3.07. The van der Waals surface area contributed by atoms with Gasteiger partial charge in [0, 0.05) is 18.6 Å². The molecule has 0 aromatic rings. The summed E-state index contributed by atoms with van der Waals surface area (Å²) in [5, 5.41) is 6.38. The van der Waals surface area contributed by atoms with Gasteiger partial charge in [0.2, 0.25) is 0 Å². The normalized spacial score (nSPS) is 34.2. The first-order valence-electron chi connectivity index (χ1n) is 5.67. The van der Waals surface area contributed by atoms with Gasteiger partial charge in [-0.25, -0.2) is 4.79 Å². The second-order valence-corrected chi connectivity index (χ2v) is 5.59. The van der Waals surface area contributed by atoms with Crippen LogP contribution in [0.5, 0.6) is 0 Å². The van der Waals surface area contributed by atoms with E-state index in [1.54, 1.807) is 0 Å². The Balaban J connectivity index is 1.80. The van der Waals surface area contributed by atoms with Crippen LogP contribution >= 0.6 is 0 Å². The molecule has 86 valence electrons. The molecular weight excluding hydrogens is 192 g/mol. The van der Waals surface area contributed by atoms with Crippen LogP contribution in [-0.4, -0.2) is 30.3 Å². The summed E-state index contributed by atoms with van der Waals surface area (Å²) in [4.78, 5) is 11.5. The number of hydrogen-bond acceptors (Lipinski definition) is 3. The molecule has 1 aliphatic carbocycles. The molecule has 0 unspecified atom stereocenters. The van der Waals surface area contributed by atoms with Crippen molar-refractivity contribution in [1.29, 1.82) is 0 Å². The van der Waals surface area contributed by atoms with E-state index in [1.807, 2.05) is 20.8 Å². The molecule has 2 fully saturated rings. The molecule has 0 radical (unpaired) electrons. The Morgan fingerprint density at radius 2 is 2.13 bits per heavy atom. The van der Waals surface area contributed by atoms with Gasteiger partial charge in [-0.1, -0.05) is 0 Å². The number of ether oxygens (including phenoxy) is 1. The lowest BCUT2D eigenvalue weighted by molar-refractivity contribution is 0.0490. The SMILES string of the molecule is CC(C)(C)OC(=O)N[C@H]1C[C@@H]2C[C@H]1CN2. The van der Waals surface area contributed by atoms with Crippen LogP contribution in [0.15, 0.2) is 0 Å². The van der Waals surface area contributed by atoms with E-state index < -0.39 is 5.60 Å². The van der Waals surface area contributed by atoms with E-state index in [4.69, 9.17) is 4.74 Å². The smallest absolute Gasteiger partial charge is 0.407 e. The fraction of sp³-hybridized carbons (Fsp3) is 0.909. The zero-order chi connectivity index (χ0) is 11.1. The molecule has 1 saturated heterocycles. The van der Waals surface area contributed by atoms with Crippen molar-refractivity contribution in [2.75, 3.05) is 6.54 Å². The predicted molar refractivity (Wildman–Crippen MR) is 57.7 cm³/mol. The van der Waals surface area contributed by atoms with E-state index in [-0.39, 0.29) is 6.09 Å². The van der Waals surface area contributed by atoms with E-state index in [1.165, 1.54) is 6.42 Å². The van der Waals surface area contributed by atoms with E-state index in [0.717, 1.165) is 13.0 Å². The van der Waals surface area contributed by atoms with Gasteiger partial charge in [0.15, 0.2) is 0 Å². The molecule has 0 spiro atoms. The van der Waals surface area contributed by atoms with Crippen LogP contribution in [0.25, 0.3) is 0 Å². The molecule has 0 aromatic carbocycles. The number of alkyl carbamates (subject to hydrolysis) is 1. The average Bonchev–Trinajstić information content (AvgIpc) is 2.60. The van der Waals surface area contributed by atoms with Gasteiger partial charge in [-0.05, 0) is 39.5 Å². The minimum absolute atomic E-state index is 0.278. The predicted octanol–water partition coefficient (Wildman–Crippen LogP) is 1.26. The topological polar surface area (TPSA) is 50.4 Å². The summed E-state index contributed by atoms with van der Waals surface area (Å²) < 4.78 is 5.24. The third-order valence-corrected chi connectivity index (χ3v) is 3.07. The molecule has 0 aromatic heterocycles. The molecule has 2 N–H and O–H groups in total. The first-order chi connectivity index (χ1) is 6.94. The van der Waals surface area contributed by atoms with Gasteiger partial charge in [0.05, 0.1) is 0 Å². The van der Waals surface area contributed by atoms with E-state index in [2.05, 4.69) is 10.6 Å². The lowest BCUT2D eigenvalue weighted by Crippen LogP contribution is -2.45. The monoisotopic (exact) mass is 212 g/mol. The zero-order valence-corrected chi connectivity index (χ0v) is 9.67. The lowest BCUT2D eigenvalue weighted by Gasteiger charge is -2.26. The first kappa shape index (κ1) is 10.7. The molecule has 1 heterocycles. The minimum Gasteiger partial charge on any atom is -0.444 e. The van der Waals surface area contributed by atoms with Crippen molar-refractivity contribution in [3.05, 3.63) is 0 Å². The summed E-state index contributed by atoms with van der Waals surface area (Å²) in [7, 11) is 0. The average molecular weight is 212 g/mol. The highest BCUT2D eigenvalue weighted by Gasteiger charge is 2.40. The third kappa shape index (κ3) is 2.62. The maximum Gasteiger partial charge on any atom is 0.407 e. The Bertz CT molecular complexity index is 260. The van der Waals surface area contributed by atoms with Gasteiger partial charge in [-0.2, -0.15) is 0 Å². The number of piperidine rings is 1. The van der Waals surface area contributed by atoms with Gasteiger partial charge in [-0.15, -0.1) is 0 Å². The van der Waals surface area contributed by atoms with Crippen molar-refractivity contribution in [2.45, 2.75) is 51.3 Å². The van der Waals surface area contributed by atoms with Crippen molar-refractivity contribution in [3.63, 3.8) is 0 Å². The summed E-state index contributed by atoms with van der Waals surface area (Å²) >= 11 is 0. The molecule has 1 aliphatic heterocycles. The molecule has 15 heavy (non-hydrogen) atoms. The van der Waals surface area contributed by atoms with E-state index >= 15 is 0 Å². The van der Waals surface area contributed by atoms with Crippen LogP contribution in [0.1, 0.15) is 33.6 Å². The van der Waals surface area contributed by atoms with Crippen LogP contribution < -0.4 is 10.6 Å². The van der Waals surface area contributed by atoms with Gasteiger partial charge in [0.1, 0.15) is 5.60 Å². The van der Waals surface area contributed by atoms with Crippen LogP contribution in [0, 0.1) is 5.92 Å². The molecule has 1 saturated carbocycles. The summed E-state index contributed by atoms with van der Waals surface area (Å²) in [5.41, 5.74) is -0.403. The van der Waals surface area contributed by atoms with Gasteiger partial charge in [-0.3, -0.25) is 0 Å². The van der Waals surface area contributed by atoms with Crippen LogP contribution in [0.2, 0.25) is 0 Å². The molecule has 3 atom stereocenters. The number of hydrogen-bond donors (Lipinski definition) is 2. The highest BCUT2D eigenvalue weighted by atomic mass is 16.6. The molecule has 2 rings (SSSR count).